The van der Waals surface area contributed by atoms with Crippen molar-refractivity contribution in [3.05, 3.63) is 18.7 Å². The van der Waals surface area contributed by atoms with Gasteiger partial charge in [-0.05, 0) is 11.8 Å². The summed E-state index contributed by atoms with van der Waals surface area (Å²) in [6, 6.07) is 0. The Bertz CT molecular complexity index is 332. The van der Waals surface area contributed by atoms with Crippen molar-refractivity contribution in [2.75, 3.05) is 6.61 Å². The molecule has 0 radical (unpaired) electrons. The molecule has 1 heterocycles. The number of nitrogens with zero attached hydrogens (tertiary/aromatic N) is 2. The van der Waals surface area contributed by atoms with E-state index in [1.165, 1.54) is 0 Å². The lowest BCUT2D eigenvalue weighted by Gasteiger charge is -1.88. The van der Waals surface area contributed by atoms with Crippen LogP contribution in [0.4, 0.5) is 0 Å². The molecule has 0 atom stereocenters. The molecule has 1 aromatic rings. The van der Waals surface area contributed by atoms with Crippen molar-refractivity contribution in [1.82, 2.24) is 9.55 Å². The summed E-state index contributed by atoms with van der Waals surface area (Å²) in [6.45, 7) is 0.444. The summed E-state index contributed by atoms with van der Waals surface area (Å²) in [5.41, 5.74) is 0. The van der Waals surface area contributed by atoms with Crippen LogP contribution in [0.3, 0.4) is 0 Å². The van der Waals surface area contributed by atoms with Gasteiger partial charge in [0.2, 0.25) is 0 Å². The summed E-state index contributed by atoms with van der Waals surface area (Å²) in [5, 5.41) is 8.29. The largest absolute Gasteiger partial charge is 0.384 e. The molecular formula is C9H8N2O. The minimum atomic E-state index is -0.139. The summed E-state index contributed by atoms with van der Waals surface area (Å²) in [4.78, 5) is 3.86. The van der Waals surface area contributed by atoms with E-state index in [2.05, 4.69) is 28.7 Å². The Labute approximate surface area is 71.1 Å². The highest BCUT2D eigenvalue weighted by atomic mass is 16.2. The monoisotopic (exact) mass is 160 g/mol. The maximum absolute atomic E-state index is 8.29. The maximum Gasteiger partial charge on any atom is 0.105 e. The van der Waals surface area contributed by atoms with E-state index in [1.54, 1.807) is 12.5 Å². The Balaban J connectivity index is 2.38. The number of rotatable bonds is 1. The molecular weight excluding hydrogens is 152 g/mol. The number of aliphatic hydroxyl groups excluding tert-OH is 1. The topological polar surface area (TPSA) is 38.0 Å². The molecule has 0 spiro atoms. The summed E-state index contributed by atoms with van der Waals surface area (Å²) >= 11 is 0. The van der Waals surface area contributed by atoms with Crippen LogP contribution < -0.4 is 0 Å². The van der Waals surface area contributed by atoms with Crippen LogP contribution in [0.2, 0.25) is 0 Å². The average Bonchev–Trinajstić information content (AvgIpc) is 2.57. The third-order valence-corrected chi connectivity index (χ3v) is 1.14. The Morgan fingerprint density at radius 2 is 2.17 bits per heavy atom. The zero-order valence-electron chi connectivity index (χ0n) is 6.49. The maximum atomic E-state index is 8.29. The van der Waals surface area contributed by atoms with E-state index < -0.39 is 0 Å². The van der Waals surface area contributed by atoms with Crippen molar-refractivity contribution >= 4 is 0 Å². The molecule has 0 aromatic carbocycles. The third kappa shape index (κ3) is 2.92. The van der Waals surface area contributed by atoms with E-state index in [0.29, 0.717) is 6.54 Å². The Kier molecular flexibility index (Phi) is 3.50. The van der Waals surface area contributed by atoms with Gasteiger partial charge in [-0.15, -0.1) is 0 Å². The molecule has 1 aromatic heterocycles. The molecule has 3 heteroatoms. The molecule has 0 aliphatic carbocycles. The molecule has 0 amide bonds. The van der Waals surface area contributed by atoms with Crippen molar-refractivity contribution in [2.45, 2.75) is 6.54 Å². The van der Waals surface area contributed by atoms with Gasteiger partial charge in [0, 0.05) is 12.4 Å². The van der Waals surface area contributed by atoms with Gasteiger partial charge in [0.05, 0.1) is 12.9 Å². The van der Waals surface area contributed by atoms with Gasteiger partial charge in [-0.2, -0.15) is 0 Å². The lowest BCUT2D eigenvalue weighted by molar-refractivity contribution is 0.350. The molecule has 0 unspecified atom stereocenters. The van der Waals surface area contributed by atoms with Gasteiger partial charge in [-0.25, -0.2) is 4.98 Å². The predicted molar refractivity (Wildman–Crippen MR) is 44.9 cm³/mol. The summed E-state index contributed by atoms with van der Waals surface area (Å²) in [6.07, 6.45) is 5.21. The molecule has 0 fully saturated rings. The zero-order chi connectivity index (χ0) is 8.65. The van der Waals surface area contributed by atoms with Crippen LogP contribution in [0.5, 0.6) is 0 Å². The van der Waals surface area contributed by atoms with Gasteiger partial charge in [-0.1, -0.05) is 11.8 Å². The summed E-state index contributed by atoms with van der Waals surface area (Å²) < 4.78 is 1.84. The molecule has 1 rings (SSSR count). The van der Waals surface area contributed by atoms with E-state index in [1.807, 2.05) is 10.8 Å². The first-order valence-corrected chi connectivity index (χ1v) is 3.46. The van der Waals surface area contributed by atoms with Crippen LogP contribution >= 0.6 is 0 Å². The van der Waals surface area contributed by atoms with E-state index in [0.717, 1.165) is 0 Å². The summed E-state index contributed by atoms with van der Waals surface area (Å²) in [5.74, 6) is 10.4. The second kappa shape index (κ2) is 5.01. The standard InChI is InChI=1S/C9H8N2O/c12-8-4-2-1-3-6-11-7-5-10-9-11/h5,7,9,12H,6,8H2. The summed E-state index contributed by atoms with van der Waals surface area (Å²) in [7, 11) is 0. The first-order chi connectivity index (χ1) is 5.93. The number of aromatic nitrogens is 2. The fourth-order valence-corrected chi connectivity index (χ4v) is 0.639. The zero-order valence-corrected chi connectivity index (χ0v) is 6.49. The van der Waals surface area contributed by atoms with E-state index in [-0.39, 0.29) is 6.61 Å². The fraction of sp³-hybridized carbons (Fsp3) is 0.222. The van der Waals surface area contributed by atoms with Crippen molar-refractivity contribution in [2.24, 2.45) is 0 Å². The number of hydrogen-bond acceptors (Lipinski definition) is 2. The van der Waals surface area contributed by atoms with Gasteiger partial charge in [-0.3, -0.25) is 0 Å². The Hall–Kier alpha value is -1.71. The minimum Gasteiger partial charge on any atom is -0.384 e. The van der Waals surface area contributed by atoms with Crippen molar-refractivity contribution in [1.29, 1.82) is 0 Å². The first-order valence-electron chi connectivity index (χ1n) is 3.46. The van der Waals surface area contributed by atoms with Crippen LogP contribution in [0.1, 0.15) is 0 Å². The smallest absolute Gasteiger partial charge is 0.105 e. The second-order valence-corrected chi connectivity index (χ2v) is 2.00. The van der Waals surface area contributed by atoms with Gasteiger partial charge >= 0.3 is 0 Å². The van der Waals surface area contributed by atoms with Crippen molar-refractivity contribution < 1.29 is 5.11 Å². The van der Waals surface area contributed by atoms with E-state index in [4.69, 9.17) is 5.11 Å². The third-order valence-electron chi connectivity index (χ3n) is 1.14. The van der Waals surface area contributed by atoms with Crippen LogP contribution in [0, 0.1) is 23.7 Å². The van der Waals surface area contributed by atoms with Crippen LogP contribution in [-0.2, 0) is 6.54 Å². The molecule has 0 saturated heterocycles. The number of hydrogen-bond donors (Lipinski definition) is 1. The van der Waals surface area contributed by atoms with Crippen molar-refractivity contribution in [3.8, 4) is 23.7 Å². The molecule has 0 saturated carbocycles. The van der Waals surface area contributed by atoms with Crippen LogP contribution in [0.25, 0.3) is 0 Å². The molecule has 0 aliphatic rings. The number of aliphatic hydroxyl groups is 1. The second-order valence-electron chi connectivity index (χ2n) is 2.00. The molecule has 1 N–H and O–H groups in total. The minimum absolute atomic E-state index is 0.139. The highest BCUT2D eigenvalue weighted by Gasteiger charge is 1.80. The van der Waals surface area contributed by atoms with Gasteiger partial charge < -0.3 is 9.67 Å². The first kappa shape index (κ1) is 8.39. The highest BCUT2D eigenvalue weighted by molar-refractivity contribution is 5.25. The van der Waals surface area contributed by atoms with Gasteiger partial charge in [0.25, 0.3) is 0 Å². The SMILES string of the molecule is OCC#CC#CCn1ccnc1. The van der Waals surface area contributed by atoms with E-state index in [9.17, 15) is 0 Å². The van der Waals surface area contributed by atoms with Gasteiger partial charge in [0.15, 0.2) is 0 Å². The average molecular weight is 160 g/mol. The van der Waals surface area contributed by atoms with Crippen LogP contribution in [-0.4, -0.2) is 21.3 Å². The Morgan fingerprint density at radius 3 is 2.83 bits per heavy atom. The molecule has 12 heavy (non-hydrogen) atoms. The number of imidazole rings is 1. The molecule has 3 nitrogen and oxygen atoms in total. The fourth-order valence-electron chi connectivity index (χ4n) is 0.639. The normalized spacial score (nSPS) is 7.75. The van der Waals surface area contributed by atoms with Gasteiger partial charge in [0.1, 0.15) is 6.61 Å². The van der Waals surface area contributed by atoms with Crippen molar-refractivity contribution in [3.63, 3.8) is 0 Å². The van der Waals surface area contributed by atoms with E-state index >= 15 is 0 Å². The Morgan fingerprint density at radius 1 is 1.33 bits per heavy atom. The lowest BCUT2D eigenvalue weighted by Crippen LogP contribution is -1.89. The van der Waals surface area contributed by atoms with Crippen LogP contribution in [0.15, 0.2) is 18.7 Å². The predicted octanol–water partition coefficient (Wildman–Crippen LogP) is -0.118. The lowest BCUT2D eigenvalue weighted by atomic mass is 10.5. The molecule has 0 bridgehead atoms. The highest BCUT2D eigenvalue weighted by Crippen LogP contribution is 1.82. The quantitative estimate of drug-likeness (QED) is 0.582. The molecule has 60 valence electrons. The molecule has 0 aliphatic heterocycles.